The molecule has 1 unspecified atom stereocenters. The number of H-pyrrole nitrogens is 1. The number of benzene rings is 2. The smallest absolute Gasteiger partial charge is 0.337 e. The number of rotatable bonds is 2. The normalized spacial score (nSPS) is 17.7. The summed E-state index contributed by atoms with van der Waals surface area (Å²) in [6.45, 7) is 0.738. The minimum Gasteiger partial charge on any atom is -0.465 e. The van der Waals surface area contributed by atoms with E-state index < -0.39 is 5.97 Å². The maximum atomic E-state index is 12.8. The van der Waals surface area contributed by atoms with Gasteiger partial charge in [-0.15, -0.1) is 0 Å². The summed E-state index contributed by atoms with van der Waals surface area (Å²) in [6, 6.07) is 10.2. The zero-order valence-electron chi connectivity index (χ0n) is 15.2. The number of ether oxygens (including phenoxy) is 1. The lowest BCUT2D eigenvalue weighted by atomic mass is 9.94. The van der Waals surface area contributed by atoms with Crippen LogP contribution in [0, 0.1) is 0 Å². The van der Waals surface area contributed by atoms with Crippen LogP contribution in [0.1, 0.15) is 45.2 Å². The van der Waals surface area contributed by atoms with Gasteiger partial charge < -0.3 is 14.6 Å². The molecular formula is C21H17N3O4. The van der Waals surface area contributed by atoms with Crippen LogP contribution >= 0.6 is 0 Å². The van der Waals surface area contributed by atoms with Crippen molar-refractivity contribution in [2.45, 2.75) is 18.9 Å². The Balaban J connectivity index is 1.73. The average molecular weight is 375 g/mol. The predicted octanol–water partition coefficient (Wildman–Crippen LogP) is 2.67. The number of carbonyl (C=O) groups is 2. The van der Waals surface area contributed by atoms with Gasteiger partial charge in [-0.1, -0.05) is 12.1 Å². The van der Waals surface area contributed by atoms with Gasteiger partial charge in [-0.05, 0) is 42.7 Å². The molecule has 28 heavy (non-hydrogen) atoms. The average Bonchev–Trinajstić information content (AvgIpc) is 3.29. The number of esters is 1. The van der Waals surface area contributed by atoms with Crippen molar-refractivity contribution in [1.29, 1.82) is 0 Å². The largest absolute Gasteiger partial charge is 0.465 e. The van der Waals surface area contributed by atoms with Crippen LogP contribution in [0.3, 0.4) is 0 Å². The maximum Gasteiger partial charge on any atom is 0.337 e. The molecule has 140 valence electrons. The van der Waals surface area contributed by atoms with E-state index in [1.165, 1.54) is 7.11 Å². The monoisotopic (exact) mass is 375 g/mol. The summed E-state index contributed by atoms with van der Waals surface area (Å²) in [5, 5.41) is 0. The molecule has 1 fully saturated rings. The molecule has 5 rings (SSSR count). The van der Waals surface area contributed by atoms with Gasteiger partial charge in [0.25, 0.3) is 11.5 Å². The summed E-state index contributed by atoms with van der Waals surface area (Å²) >= 11 is 0. The van der Waals surface area contributed by atoms with Crippen molar-refractivity contribution >= 4 is 22.9 Å². The molecule has 0 spiro atoms. The second-order valence-corrected chi connectivity index (χ2v) is 7.06. The van der Waals surface area contributed by atoms with Crippen molar-refractivity contribution in [2.24, 2.45) is 0 Å². The van der Waals surface area contributed by atoms with E-state index in [2.05, 4.69) is 9.97 Å². The van der Waals surface area contributed by atoms with Gasteiger partial charge in [-0.2, -0.15) is 0 Å². The number of methoxy groups -OCH3 is 1. The number of fused-ring (bicyclic) bond motifs is 4. The highest BCUT2D eigenvalue weighted by Crippen LogP contribution is 2.44. The molecule has 7 heteroatoms. The maximum absolute atomic E-state index is 12.8. The Morgan fingerprint density at radius 1 is 1.21 bits per heavy atom. The number of aromatic nitrogens is 2. The molecule has 1 atom stereocenters. The fraction of sp³-hybridized carbons (Fsp3) is 0.238. The lowest BCUT2D eigenvalue weighted by molar-refractivity contribution is 0.0600. The molecule has 2 aliphatic rings. The van der Waals surface area contributed by atoms with Crippen molar-refractivity contribution in [3.8, 4) is 11.3 Å². The zero-order valence-corrected chi connectivity index (χ0v) is 15.2. The highest BCUT2D eigenvalue weighted by Gasteiger charge is 2.41. The summed E-state index contributed by atoms with van der Waals surface area (Å²) in [5.41, 5.74) is 3.51. The number of hydrogen-bond acceptors (Lipinski definition) is 5. The zero-order chi connectivity index (χ0) is 19.4. The van der Waals surface area contributed by atoms with Crippen LogP contribution in [0.25, 0.3) is 22.3 Å². The summed E-state index contributed by atoms with van der Waals surface area (Å²) in [5.74, 6) is -0.450. The second kappa shape index (κ2) is 6.02. The van der Waals surface area contributed by atoms with Gasteiger partial charge in [0.1, 0.15) is 5.69 Å². The van der Waals surface area contributed by atoms with Gasteiger partial charge in [0.15, 0.2) is 0 Å². The van der Waals surface area contributed by atoms with Crippen molar-refractivity contribution < 1.29 is 14.3 Å². The first-order valence-electron chi connectivity index (χ1n) is 9.15. The molecule has 1 saturated heterocycles. The van der Waals surface area contributed by atoms with E-state index in [0.717, 1.165) is 24.9 Å². The first kappa shape index (κ1) is 16.7. The molecule has 3 heterocycles. The summed E-state index contributed by atoms with van der Waals surface area (Å²) in [4.78, 5) is 46.5. The van der Waals surface area contributed by atoms with E-state index >= 15 is 0 Å². The fourth-order valence-corrected chi connectivity index (χ4v) is 4.29. The Bertz CT molecular complexity index is 1210. The number of amides is 1. The second-order valence-electron chi connectivity index (χ2n) is 7.06. The third kappa shape index (κ3) is 2.29. The Hall–Kier alpha value is -3.48. The van der Waals surface area contributed by atoms with Gasteiger partial charge in [0.2, 0.25) is 0 Å². The molecule has 2 aromatic carbocycles. The van der Waals surface area contributed by atoms with Crippen LogP contribution in [-0.4, -0.2) is 40.4 Å². The molecule has 1 N–H and O–H groups in total. The van der Waals surface area contributed by atoms with E-state index in [9.17, 15) is 14.4 Å². The number of nitrogens with zero attached hydrogens (tertiary/aromatic N) is 2. The van der Waals surface area contributed by atoms with E-state index in [1.54, 1.807) is 24.3 Å². The number of carbonyl (C=O) groups excluding carboxylic acids is 2. The van der Waals surface area contributed by atoms with Gasteiger partial charge in [0, 0.05) is 17.7 Å². The molecular weight excluding hydrogens is 358 g/mol. The molecule has 3 aromatic rings. The van der Waals surface area contributed by atoms with Crippen molar-refractivity contribution in [3.05, 3.63) is 63.4 Å². The quantitative estimate of drug-likeness (QED) is 0.695. The van der Waals surface area contributed by atoms with Crippen molar-refractivity contribution in [2.75, 3.05) is 13.7 Å². The van der Waals surface area contributed by atoms with E-state index in [1.807, 2.05) is 17.0 Å². The van der Waals surface area contributed by atoms with Crippen LogP contribution in [-0.2, 0) is 4.74 Å². The van der Waals surface area contributed by atoms with Crippen LogP contribution < -0.4 is 5.56 Å². The third-order valence-corrected chi connectivity index (χ3v) is 5.55. The lowest BCUT2D eigenvalue weighted by Gasteiger charge is -2.16. The summed E-state index contributed by atoms with van der Waals surface area (Å²) in [6.07, 6.45) is 1.84. The van der Waals surface area contributed by atoms with Gasteiger partial charge in [-0.3, -0.25) is 9.59 Å². The summed E-state index contributed by atoms with van der Waals surface area (Å²) < 4.78 is 4.76. The van der Waals surface area contributed by atoms with Gasteiger partial charge >= 0.3 is 5.97 Å². The molecule has 7 nitrogen and oxygen atoms in total. The van der Waals surface area contributed by atoms with Crippen LogP contribution in [0.2, 0.25) is 0 Å². The van der Waals surface area contributed by atoms with Crippen LogP contribution in [0.4, 0.5) is 0 Å². The first-order chi connectivity index (χ1) is 13.6. The van der Waals surface area contributed by atoms with Crippen molar-refractivity contribution in [3.63, 3.8) is 0 Å². The number of nitrogens with one attached hydrogen (secondary N) is 1. The van der Waals surface area contributed by atoms with E-state index in [4.69, 9.17) is 4.74 Å². The molecule has 2 aliphatic heterocycles. The summed E-state index contributed by atoms with van der Waals surface area (Å²) in [7, 11) is 1.32. The first-order valence-corrected chi connectivity index (χ1v) is 9.15. The van der Waals surface area contributed by atoms with Crippen LogP contribution in [0.15, 0.2) is 41.2 Å². The predicted molar refractivity (Wildman–Crippen MR) is 102 cm³/mol. The highest BCUT2D eigenvalue weighted by atomic mass is 16.5. The van der Waals surface area contributed by atoms with Gasteiger partial charge in [0.05, 0.1) is 29.7 Å². The van der Waals surface area contributed by atoms with Crippen LogP contribution in [0.5, 0.6) is 0 Å². The molecule has 1 amide bonds. The minimum atomic E-state index is -0.468. The molecule has 0 saturated carbocycles. The standard InChI is InChI=1S/C21H17N3O4/c1-28-21(27)11-7-8-14-15(10-11)22-18(19(25)23-14)12-4-2-5-13-17(12)16-6-3-9-24(16)20(13)26/h2,4-5,7-8,10,16H,3,6,9H2,1H3,(H,23,25). The Labute approximate surface area is 160 Å². The Kier molecular flexibility index (Phi) is 3.58. The minimum absolute atomic E-state index is 0.00278. The topological polar surface area (TPSA) is 92.4 Å². The Morgan fingerprint density at radius 3 is 2.86 bits per heavy atom. The molecule has 0 aliphatic carbocycles. The van der Waals surface area contributed by atoms with E-state index in [-0.39, 0.29) is 23.2 Å². The lowest BCUT2D eigenvalue weighted by Crippen LogP contribution is -2.22. The molecule has 0 radical (unpaired) electrons. The molecule has 1 aromatic heterocycles. The molecule has 0 bridgehead atoms. The highest BCUT2D eigenvalue weighted by molar-refractivity contribution is 6.01. The third-order valence-electron chi connectivity index (χ3n) is 5.55. The number of hydrogen-bond donors (Lipinski definition) is 1. The number of aromatic amines is 1. The van der Waals surface area contributed by atoms with E-state index in [0.29, 0.717) is 27.7 Å². The Morgan fingerprint density at radius 2 is 2.04 bits per heavy atom. The SMILES string of the molecule is COC(=O)c1ccc2[nH]c(=O)c(-c3cccc4c3C3CCCN3C4=O)nc2c1. The fourth-order valence-electron chi connectivity index (χ4n) is 4.29. The van der Waals surface area contributed by atoms with Gasteiger partial charge in [-0.25, -0.2) is 9.78 Å². The van der Waals surface area contributed by atoms with Crippen molar-refractivity contribution in [1.82, 2.24) is 14.9 Å².